The van der Waals surface area contributed by atoms with Crippen LogP contribution in [0.25, 0.3) is 33.5 Å². The molecule has 168 valence electrons. The second-order valence-corrected chi connectivity index (χ2v) is 12.7. The van der Waals surface area contributed by atoms with Gasteiger partial charge in [0.1, 0.15) is 31.2 Å². The van der Waals surface area contributed by atoms with Gasteiger partial charge >= 0.3 is 0 Å². The summed E-state index contributed by atoms with van der Waals surface area (Å²) in [6.07, 6.45) is 2.21. The second kappa shape index (κ2) is 6.73. The smallest absolute Gasteiger partial charge is 0.159 e. The maximum atomic E-state index is 15.3. The molecule has 0 aliphatic carbocycles. The lowest BCUT2D eigenvalue weighted by Crippen LogP contribution is -2.13. The van der Waals surface area contributed by atoms with Gasteiger partial charge in [-0.05, 0) is 42.7 Å². The molecule has 7 rings (SSSR count). The number of rotatable bonds is 2. The van der Waals surface area contributed by atoms with Gasteiger partial charge in [0.05, 0.1) is 17.1 Å². The summed E-state index contributed by atoms with van der Waals surface area (Å²) in [7, 11) is -2.31. The molecule has 0 spiro atoms. The van der Waals surface area contributed by atoms with E-state index >= 15 is 4.39 Å². The van der Waals surface area contributed by atoms with E-state index in [1.54, 1.807) is 19.4 Å². The molecular weight excluding hydrogens is 448 g/mol. The molecule has 0 radical (unpaired) electrons. The van der Waals surface area contributed by atoms with Gasteiger partial charge in [-0.3, -0.25) is 0 Å². The van der Waals surface area contributed by atoms with Gasteiger partial charge in [-0.2, -0.15) is 5.10 Å². The maximum absolute atomic E-state index is 15.3. The summed E-state index contributed by atoms with van der Waals surface area (Å²) in [5.41, 5.74) is 5.36. The van der Waals surface area contributed by atoms with E-state index in [2.05, 4.69) is 26.8 Å². The van der Waals surface area contributed by atoms with Crippen molar-refractivity contribution in [2.75, 3.05) is 13.3 Å². The van der Waals surface area contributed by atoms with Crippen LogP contribution in [0.15, 0.2) is 67.0 Å². The molecule has 2 aliphatic heterocycles. The van der Waals surface area contributed by atoms with Crippen LogP contribution in [0.3, 0.4) is 0 Å². The number of benzene rings is 3. The molecule has 8 heteroatoms. The molecular formula is C26H21FN5OP. The van der Waals surface area contributed by atoms with Crippen molar-refractivity contribution >= 4 is 23.5 Å². The topological polar surface area (TPSA) is 65.6 Å². The maximum Gasteiger partial charge on any atom is 0.159 e. The summed E-state index contributed by atoms with van der Waals surface area (Å²) >= 11 is 0. The van der Waals surface area contributed by atoms with E-state index in [-0.39, 0.29) is 17.9 Å². The lowest BCUT2D eigenvalue weighted by molar-refractivity contribution is 0.495. The lowest BCUT2D eigenvalue weighted by Gasteiger charge is -2.19. The molecule has 4 heterocycles. The van der Waals surface area contributed by atoms with E-state index in [9.17, 15) is 4.57 Å². The first kappa shape index (κ1) is 19.9. The van der Waals surface area contributed by atoms with Gasteiger partial charge < -0.3 is 9.13 Å². The summed E-state index contributed by atoms with van der Waals surface area (Å²) in [5, 5.41) is 5.36. The zero-order valence-electron chi connectivity index (χ0n) is 18.7. The Balaban J connectivity index is 1.44. The predicted molar refractivity (Wildman–Crippen MR) is 131 cm³/mol. The molecule has 0 fully saturated rings. The Morgan fingerprint density at radius 2 is 1.79 bits per heavy atom. The first-order valence-electron chi connectivity index (χ1n) is 11.3. The number of hydrogen-bond donors (Lipinski definition) is 0. The lowest BCUT2D eigenvalue weighted by atomic mass is 9.97. The zero-order valence-corrected chi connectivity index (χ0v) is 19.6. The Morgan fingerprint density at radius 3 is 2.59 bits per heavy atom. The number of aromatic nitrogens is 5. The van der Waals surface area contributed by atoms with Crippen LogP contribution in [-0.4, -0.2) is 37.6 Å². The first-order chi connectivity index (χ1) is 16.4. The standard InChI is InChI=1S/C26H21FN5OP/c1-34(2,33)17-9-6-15(7-10-17)16-8-11-20-21(12-16)31-22-13-23(26(31)30-20)32-25(28-14-29-32)18-4-3-5-19(27)24(18)22/h3-12,14,22-23H,13H2,1-2H3/t22-,23-/m0/s1. The predicted octanol–water partition coefficient (Wildman–Crippen LogP) is 5.24. The number of hydrogen-bond acceptors (Lipinski definition) is 4. The van der Waals surface area contributed by atoms with Crippen LogP contribution in [0.1, 0.15) is 29.9 Å². The van der Waals surface area contributed by atoms with Crippen molar-refractivity contribution in [2.24, 2.45) is 0 Å². The Hall–Kier alpha value is -3.57. The fraction of sp³-hybridized carbons (Fsp3) is 0.192. The highest BCUT2D eigenvalue weighted by atomic mass is 31.2. The molecule has 2 atom stereocenters. The van der Waals surface area contributed by atoms with Gasteiger partial charge in [0.2, 0.25) is 0 Å². The molecule has 0 unspecified atom stereocenters. The van der Waals surface area contributed by atoms with Crippen LogP contribution in [0.5, 0.6) is 0 Å². The summed E-state index contributed by atoms with van der Waals surface area (Å²) in [5.74, 6) is 1.33. The number of nitrogens with zero attached hydrogens (tertiary/aromatic N) is 5. The quantitative estimate of drug-likeness (QED) is 0.332. The van der Waals surface area contributed by atoms with Crippen LogP contribution in [0, 0.1) is 5.82 Å². The van der Waals surface area contributed by atoms with Crippen molar-refractivity contribution in [3.05, 3.63) is 84.2 Å². The molecule has 2 aromatic heterocycles. The number of fused-ring (bicyclic) bond motifs is 6. The summed E-state index contributed by atoms with van der Waals surface area (Å²) in [6, 6.07) is 19.0. The van der Waals surface area contributed by atoms with Gasteiger partial charge in [0.15, 0.2) is 5.82 Å². The minimum Gasteiger partial charge on any atom is -0.319 e. The van der Waals surface area contributed by atoms with Gasteiger partial charge in [0, 0.05) is 22.9 Å². The number of halogens is 1. The van der Waals surface area contributed by atoms with E-state index in [4.69, 9.17) is 4.98 Å². The molecule has 0 saturated heterocycles. The zero-order chi connectivity index (χ0) is 23.2. The van der Waals surface area contributed by atoms with Crippen LogP contribution < -0.4 is 5.30 Å². The number of imidazole rings is 1. The molecule has 34 heavy (non-hydrogen) atoms. The second-order valence-electron chi connectivity index (χ2n) is 9.44. The Kier molecular flexibility index (Phi) is 3.93. The van der Waals surface area contributed by atoms with E-state index in [0.717, 1.165) is 38.9 Å². The summed E-state index contributed by atoms with van der Waals surface area (Å²) in [4.78, 5) is 9.41. The fourth-order valence-electron chi connectivity index (χ4n) is 5.49. The Morgan fingerprint density at radius 1 is 1.00 bits per heavy atom. The molecule has 0 N–H and O–H groups in total. The van der Waals surface area contributed by atoms with Crippen molar-refractivity contribution in [2.45, 2.75) is 18.5 Å². The molecule has 5 aromatic rings. The largest absolute Gasteiger partial charge is 0.319 e. The minimum atomic E-state index is -2.31. The van der Waals surface area contributed by atoms with Crippen molar-refractivity contribution in [3.63, 3.8) is 0 Å². The molecule has 2 aliphatic rings. The molecule has 6 nitrogen and oxygen atoms in total. The monoisotopic (exact) mass is 469 g/mol. The molecule has 0 amide bonds. The third-order valence-corrected chi connectivity index (χ3v) is 8.63. The molecule has 0 saturated carbocycles. The summed E-state index contributed by atoms with van der Waals surface area (Å²) in [6.45, 7) is 3.56. The minimum absolute atomic E-state index is 0.104. The average molecular weight is 469 g/mol. The van der Waals surface area contributed by atoms with Gasteiger partial charge in [-0.25, -0.2) is 19.0 Å². The highest BCUT2D eigenvalue weighted by Crippen LogP contribution is 2.49. The summed E-state index contributed by atoms with van der Waals surface area (Å²) < 4.78 is 31.7. The van der Waals surface area contributed by atoms with Gasteiger partial charge in [0.25, 0.3) is 0 Å². The van der Waals surface area contributed by atoms with Gasteiger partial charge in [-0.15, -0.1) is 0 Å². The average Bonchev–Trinajstić information content (AvgIpc) is 3.50. The van der Waals surface area contributed by atoms with Crippen LogP contribution in [-0.2, 0) is 4.57 Å². The van der Waals surface area contributed by atoms with Crippen LogP contribution in [0.4, 0.5) is 4.39 Å². The van der Waals surface area contributed by atoms with Gasteiger partial charge in [-0.1, -0.05) is 42.5 Å². The van der Waals surface area contributed by atoms with E-state index in [0.29, 0.717) is 17.8 Å². The van der Waals surface area contributed by atoms with Crippen molar-refractivity contribution in [1.29, 1.82) is 0 Å². The third kappa shape index (κ3) is 2.67. The molecule has 3 aromatic carbocycles. The highest BCUT2D eigenvalue weighted by Gasteiger charge is 2.42. The first-order valence-corrected chi connectivity index (χ1v) is 13.9. The van der Waals surface area contributed by atoms with Crippen LogP contribution in [0.2, 0.25) is 0 Å². The van der Waals surface area contributed by atoms with E-state index in [1.807, 2.05) is 41.1 Å². The van der Waals surface area contributed by atoms with Crippen LogP contribution >= 0.6 is 7.14 Å². The fourth-order valence-corrected chi connectivity index (χ4v) is 6.35. The molecule has 2 bridgehead atoms. The third-order valence-electron chi connectivity index (χ3n) is 7.09. The van der Waals surface area contributed by atoms with Crippen molar-refractivity contribution in [1.82, 2.24) is 24.3 Å². The SMILES string of the molecule is CP(C)(=O)c1ccc(-c2ccc3nc4n(c3c2)[C@H]2C[C@@H]4n3ncnc3-c3cccc(F)c32)cc1. The highest BCUT2D eigenvalue weighted by molar-refractivity contribution is 7.70. The normalized spacial score (nSPS) is 18.4. The Labute approximate surface area is 195 Å². The van der Waals surface area contributed by atoms with E-state index in [1.165, 1.54) is 12.4 Å². The van der Waals surface area contributed by atoms with E-state index < -0.39 is 7.14 Å². The Bertz CT molecular complexity index is 1660. The van der Waals surface area contributed by atoms with Crippen molar-refractivity contribution < 1.29 is 8.96 Å². The van der Waals surface area contributed by atoms with Crippen molar-refractivity contribution in [3.8, 4) is 22.5 Å².